The molecule has 1 unspecified atom stereocenters. The highest BCUT2D eigenvalue weighted by Crippen LogP contribution is 2.27. The summed E-state index contributed by atoms with van der Waals surface area (Å²) in [4.78, 5) is 13.3. The van der Waals surface area contributed by atoms with Crippen molar-refractivity contribution in [3.63, 3.8) is 0 Å². The van der Waals surface area contributed by atoms with Gasteiger partial charge in [-0.2, -0.15) is 0 Å². The molecule has 1 heterocycles. The van der Waals surface area contributed by atoms with Crippen molar-refractivity contribution in [3.8, 4) is 0 Å². The van der Waals surface area contributed by atoms with Crippen molar-refractivity contribution in [2.45, 2.75) is 19.4 Å². The zero-order valence-electron chi connectivity index (χ0n) is 10.3. The number of hydrogen-bond donors (Lipinski definition) is 2. The van der Waals surface area contributed by atoms with Crippen LogP contribution in [0.25, 0.3) is 0 Å². The molecule has 1 aromatic rings. The maximum Gasteiger partial charge on any atom is 0.221 e. The third-order valence-corrected chi connectivity index (χ3v) is 3.09. The number of carbonyl (C=O) groups is 1. The quantitative estimate of drug-likeness (QED) is 0.831. The van der Waals surface area contributed by atoms with Crippen LogP contribution in [-0.2, 0) is 4.79 Å². The van der Waals surface area contributed by atoms with E-state index in [1.54, 1.807) is 13.0 Å². The summed E-state index contributed by atoms with van der Waals surface area (Å²) in [5.74, 6) is -0.336. The van der Waals surface area contributed by atoms with Crippen LogP contribution in [-0.4, -0.2) is 30.6 Å². The topological polar surface area (TPSA) is 52.6 Å². The van der Waals surface area contributed by atoms with E-state index in [1.807, 2.05) is 4.90 Å². The highest BCUT2D eigenvalue weighted by atomic mass is 19.1. The van der Waals surface area contributed by atoms with Gasteiger partial charge in [0.05, 0.1) is 6.10 Å². The van der Waals surface area contributed by atoms with Crippen molar-refractivity contribution in [1.29, 1.82) is 0 Å². The number of benzene rings is 1. The van der Waals surface area contributed by atoms with E-state index in [0.717, 1.165) is 5.69 Å². The maximum atomic E-state index is 13.2. The summed E-state index contributed by atoms with van der Waals surface area (Å²) in [7, 11) is 0. The van der Waals surface area contributed by atoms with E-state index in [2.05, 4.69) is 5.32 Å². The van der Waals surface area contributed by atoms with E-state index in [0.29, 0.717) is 31.6 Å². The zero-order chi connectivity index (χ0) is 13.1. The summed E-state index contributed by atoms with van der Waals surface area (Å²) in [6, 6.07) is 4.38. The molecule has 5 heteroatoms. The fraction of sp³-hybridized carbons (Fsp3) is 0.462. The van der Waals surface area contributed by atoms with E-state index in [1.165, 1.54) is 12.1 Å². The molecule has 4 nitrogen and oxygen atoms in total. The van der Waals surface area contributed by atoms with Gasteiger partial charge in [-0.05, 0) is 25.1 Å². The van der Waals surface area contributed by atoms with Crippen molar-refractivity contribution in [2.24, 2.45) is 0 Å². The SMILES string of the molecule is CC(O)c1cc(F)ccc1N1CCNC(=O)CC1. The molecule has 1 aliphatic rings. The molecule has 1 aliphatic heterocycles. The lowest BCUT2D eigenvalue weighted by molar-refractivity contribution is -0.120. The number of aliphatic hydroxyl groups is 1. The molecule has 1 saturated heterocycles. The molecule has 18 heavy (non-hydrogen) atoms. The maximum absolute atomic E-state index is 13.2. The van der Waals surface area contributed by atoms with Gasteiger partial charge in [-0.15, -0.1) is 0 Å². The van der Waals surface area contributed by atoms with Gasteiger partial charge in [0.1, 0.15) is 5.82 Å². The second kappa shape index (κ2) is 5.35. The predicted molar refractivity (Wildman–Crippen MR) is 66.9 cm³/mol. The average Bonchev–Trinajstić information content (AvgIpc) is 2.54. The van der Waals surface area contributed by atoms with Gasteiger partial charge in [-0.3, -0.25) is 4.79 Å². The van der Waals surface area contributed by atoms with Crippen LogP contribution >= 0.6 is 0 Å². The van der Waals surface area contributed by atoms with Crippen molar-refractivity contribution in [2.75, 3.05) is 24.5 Å². The molecule has 1 fully saturated rings. The lowest BCUT2D eigenvalue weighted by atomic mass is 10.1. The molecule has 1 amide bonds. The summed E-state index contributed by atoms with van der Waals surface area (Å²) in [6.07, 6.45) is -0.320. The number of hydrogen-bond acceptors (Lipinski definition) is 3. The Kier molecular flexibility index (Phi) is 3.81. The Hall–Kier alpha value is -1.62. The van der Waals surface area contributed by atoms with Crippen LogP contribution in [0.1, 0.15) is 25.0 Å². The van der Waals surface area contributed by atoms with Gasteiger partial charge >= 0.3 is 0 Å². The smallest absolute Gasteiger partial charge is 0.221 e. The minimum atomic E-state index is -0.734. The highest BCUT2D eigenvalue weighted by Gasteiger charge is 2.18. The molecule has 0 aliphatic carbocycles. The lowest BCUT2D eigenvalue weighted by Gasteiger charge is -2.25. The molecular formula is C13H17FN2O2. The van der Waals surface area contributed by atoms with Crippen molar-refractivity contribution < 1.29 is 14.3 Å². The van der Waals surface area contributed by atoms with Crippen molar-refractivity contribution in [3.05, 3.63) is 29.6 Å². The van der Waals surface area contributed by atoms with Gasteiger partial charge in [0.2, 0.25) is 5.91 Å². The van der Waals surface area contributed by atoms with Crippen LogP contribution in [0.5, 0.6) is 0 Å². The average molecular weight is 252 g/mol. The van der Waals surface area contributed by atoms with E-state index >= 15 is 0 Å². The first-order chi connectivity index (χ1) is 8.58. The normalized spacial score (nSPS) is 18.2. The van der Waals surface area contributed by atoms with Crippen LogP contribution in [0.15, 0.2) is 18.2 Å². The molecule has 0 bridgehead atoms. The number of rotatable bonds is 2. The molecule has 0 radical (unpaired) electrons. The van der Waals surface area contributed by atoms with Crippen LogP contribution in [0, 0.1) is 5.82 Å². The monoisotopic (exact) mass is 252 g/mol. The standard InChI is InChI=1S/C13H17FN2O2/c1-9(17)11-8-10(14)2-3-12(11)16-6-4-13(18)15-5-7-16/h2-3,8-9,17H,4-7H2,1H3,(H,15,18). The number of amides is 1. The fourth-order valence-corrected chi connectivity index (χ4v) is 2.16. The molecule has 0 spiro atoms. The van der Waals surface area contributed by atoms with Crippen LogP contribution in [0.4, 0.5) is 10.1 Å². The van der Waals surface area contributed by atoms with Gasteiger partial charge in [-0.25, -0.2) is 4.39 Å². The minimum Gasteiger partial charge on any atom is -0.389 e. The first kappa shape index (κ1) is 12.8. The van der Waals surface area contributed by atoms with Crippen molar-refractivity contribution in [1.82, 2.24) is 5.32 Å². The zero-order valence-corrected chi connectivity index (χ0v) is 10.3. The van der Waals surface area contributed by atoms with E-state index < -0.39 is 6.10 Å². The molecule has 98 valence electrons. The molecule has 0 aromatic heterocycles. The second-order valence-electron chi connectivity index (χ2n) is 4.47. The number of halogens is 1. The number of anilines is 1. The third-order valence-electron chi connectivity index (χ3n) is 3.09. The van der Waals surface area contributed by atoms with Crippen LogP contribution in [0.3, 0.4) is 0 Å². The Bertz CT molecular complexity index is 449. The summed E-state index contributed by atoms with van der Waals surface area (Å²) in [5, 5.41) is 12.5. The summed E-state index contributed by atoms with van der Waals surface area (Å²) in [5.41, 5.74) is 1.35. The first-order valence-corrected chi connectivity index (χ1v) is 6.07. The first-order valence-electron chi connectivity index (χ1n) is 6.07. The largest absolute Gasteiger partial charge is 0.389 e. The summed E-state index contributed by atoms with van der Waals surface area (Å²) >= 11 is 0. The Morgan fingerprint density at radius 1 is 1.44 bits per heavy atom. The number of nitrogens with one attached hydrogen (secondary N) is 1. The fourth-order valence-electron chi connectivity index (χ4n) is 2.16. The number of aliphatic hydroxyl groups excluding tert-OH is 1. The van der Waals surface area contributed by atoms with Crippen molar-refractivity contribution >= 4 is 11.6 Å². The number of nitrogens with zero attached hydrogens (tertiary/aromatic N) is 1. The third kappa shape index (κ3) is 2.79. The minimum absolute atomic E-state index is 0.0261. The van der Waals surface area contributed by atoms with Crippen LogP contribution in [0.2, 0.25) is 0 Å². The molecule has 2 N–H and O–H groups in total. The van der Waals surface area contributed by atoms with Gasteiger partial charge in [0.25, 0.3) is 0 Å². The van der Waals surface area contributed by atoms with E-state index in [9.17, 15) is 14.3 Å². The molecule has 1 aromatic carbocycles. The van der Waals surface area contributed by atoms with E-state index in [-0.39, 0.29) is 11.7 Å². The molecule has 2 rings (SSSR count). The molecular weight excluding hydrogens is 235 g/mol. The Labute approximate surface area is 105 Å². The molecule has 1 atom stereocenters. The summed E-state index contributed by atoms with van der Waals surface area (Å²) < 4.78 is 13.2. The highest BCUT2D eigenvalue weighted by molar-refractivity contribution is 5.77. The number of carbonyl (C=O) groups excluding carboxylic acids is 1. The Balaban J connectivity index is 2.29. The Morgan fingerprint density at radius 3 is 2.94 bits per heavy atom. The lowest BCUT2D eigenvalue weighted by Crippen LogP contribution is -2.29. The van der Waals surface area contributed by atoms with Gasteiger partial charge in [0.15, 0.2) is 0 Å². The van der Waals surface area contributed by atoms with Gasteiger partial charge in [0, 0.05) is 37.3 Å². The molecule has 0 saturated carbocycles. The summed E-state index contributed by atoms with van der Waals surface area (Å²) in [6.45, 7) is 3.42. The van der Waals surface area contributed by atoms with Gasteiger partial charge in [-0.1, -0.05) is 0 Å². The Morgan fingerprint density at radius 2 is 2.22 bits per heavy atom. The van der Waals surface area contributed by atoms with Gasteiger partial charge < -0.3 is 15.3 Å². The second-order valence-corrected chi connectivity index (χ2v) is 4.47. The predicted octanol–water partition coefficient (Wildman–Crippen LogP) is 1.21. The van der Waals surface area contributed by atoms with Crippen LogP contribution < -0.4 is 10.2 Å². The van der Waals surface area contributed by atoms with E-state index in [4.69, 9.17) is 0 Å².